The minimum absolute atomic E-state index is 0.300. The molecule has 6 rings (SSSR count). The lowest BCUT2D eigenvalue weighted by atomic mass is 10.1. The maximum atomic E-state index is 13.6. The van der Waals surface area contributed by atoms with Crippen LogP contribution in [-0.2, 0) is 16.6 Å². The highest BCUT2D eigenvalue weighted by Gasteiger charge is 2.23. The van der Waals surface area contributed by atoms with Gasteiger partial charge in [-0.05, 0) is 46.7 Å². The molecule has 1 fully saturated rings. The van der Waals surface area contributed by atoms with Crippen molar-refractivity contribution in [3.05, 3.63) is 109 Å². The quantitative estimate of drug-likeness (QED) is 0.339. The minimum Gasteiger partial charge on any atom is -0.368 e. The van der Waals surface area contributed by atoms with Crippen molar-refractivity contribution in [1.82, 2.24) is 8.87 Å². The van der Waals surface area contributed by atoms with Gasteiger partial charge in [-0.2, -0.15) is 0 Å². The fraction of sp³-hybridized carbons (Fsp3) is 0.172. The van der Waals surface area contributed by atoms with Crippen LogP contribution in [-0.4, -0.2) is 43.5 Å². The summed E-state index contributed by atoms with van der Waals surface area (Å²) in [5, 5.41) is 2.91. The van der Waals surface area contributed by atoms with Crippen molar-refractivity contribution >= 4 is 37.4 Å². The third kappa shape index (κ3) is 4.09. The van der Waals surface area contributed by atoms with E-state index in [0.29, 0.717) is 10.4 Å². The number of anilines is 1. The predicted molar refractivity (Wildman–Crippen MR) is 142 cm³/mol. The van der Waals surface area contributed by atoms with Gasteiger partial charge in [0.2, 0.25) is 0 Å². The van der Waals surface area contributed by atoms with Crippen molar-refractivity contribution in [2.24, 2.45) is 0 Å². The molecule has 0 N–H and O–H groups in total. The van der Waals surface area contributed by atoms with Crippen LogP contribution in [0.2, 0.25) is 0 Å². The van der Waals surface area contributed by atoms with E-state index in [0.717, 1.165) is 54.6 Å². The molecule has 0 amide bonds. The van der Waals surface area contributed by atoms with Gasteiger partial charge in [0.25, 0.3) is 10.0 Å². The van der Waals surface area contributed by atoms with Crippen molar-refractivity contribution in [2.75, 3.05) is 31.1 Å². The van der Waals surface area contributed by atoms with Gasteiger partial charge in [-0.3, -0.25) is 4.90 Å². The van der Waals surface area contributed by atoms with Crippen LogP contribution in [0.25, 0.3) is 21.7 Å². The van der Waals surface area contributed by atoms with E-state index >= 15 is 0 Å². The largest absolute Gasteiger partial charge is 0.368 e. The number of piperazine rings is 1. The summed E-state index contributed by atoms with van der Waals surface area (Å²) in [5.74, 6) is 0. The maximum absolute atomic E-state index is 13.6. The summed E-state index contributed by atoms with van der Waals surface area (Å²) < 4.78 is 28.6. The van der Waals surface area contributed by atoms with E-state index < -0.39 is 10.0 Å². The van der Waals surface area contributed by atoms with E-state index in [4.69, 9.17) is 0 Å². The number of hydrogen-bond acceptors (Lipinski definition) is 4. The Bertz CT molecular complexity index is 1600. The Morgan fingerprint density at radius 2 is 1.43 bits per heavy atom. The molecule has 6 heteroatoms. The fourth-order valence-corrected chi connectivity index (χ4v) is 6.42. The van der Waals surface area contributed by atoms with Gasteiger partial charge in [-0.25, -0.2) is 12.4 Å². The Kier molecular flexibility index (Phi) is 5.55. The summed E-state index contributed by atoms with van der Waals surface area (Å²) >= 11 is 0. The number of rotatable bonds is 5. The topological polar surface area (TPSA) is 45.6 Å². The Hall–Kier alpha value is -3.61. The second kappa shape index (κ2) is 8.87. The molecule has 0 saturated carbocycles. The van der Waals surface area contributed by atoms with E-state index in [9.17, 15) is 8.42 Å². The summed E-state index contributed by atoms with van der Waals surface area (Å²) in [6, 6.07) is 31.6. The Morgan fingerprint density at radius 1 is 0.686 bits per heavy atom. The molecule has 0 spiro atoms. The van der Waals surface area contributed by atoms with Gasteiger partial charge in [0.15, 0.2) is 0 Å². The molecule has 1 aliphatic heterocycles. The van der Waals surface area contributed by atoms with Crippen LogP contribution >= 0.6 is 0 Å². The molecule has 0 bridgehead atoms. The average Bonchev–Trinajstić information content (AvgIpc) is 3.35. The summed E-state index contributed by atoms with van der Waals surface area (Å²) in [4.78, 5) is 5.15. The number of hydrogen-bond donors (Lipinski definition) is 0. The summed E-state index contributed by atoms with van der Waals surface area (Å²) in [6.45, 7) is 4.73. The van der Waals surface area contributed by atoms with Gasteiger partial charge in [-0.1, -0.05) is 66.7 Å². The monoisotopic (exact) mass is 481 g/mol. The van der Waals surface area contributed by atoms with E-state index in [1.807, 2.05) is 48.5 Å². The van der Waals surface area contributed by atoms with Gasteiger partial charge in [0.1, 0.15) is 0 Å². The summed E-state index contributed by atoms with van der Waals surface area (Å²) in [5.41, 5.74) is 3.13. The first kappa shape index (κ1) is 21.9. The molecule has 0 radical (unpaired) electrons. The summed E-state index contributed by atoms with van der Waals surface area (Å²) in [6.07, 6.45) is 1.68. The zero-order chi connectivity index (χ0) is 23.8. The average molecular weight is 482 g/mol. The number of fused-ring (bicyclic) bond motifs is 2. The zero-order valence-corrected chi connectivity index (χ0v) is 20.2. The zero-order valence-electron chi connectivity index (χ0n) is 19.4. The van der Waals surface area contributed by atoms with Gasteiger partial charge in [-0.15, -0.1) is 0 Å². The van der Waals surface area contributed by atoms with Crippen molar-refractivity contribution < 1.29 is 8.42 Å². The second-order valence-electron chi connectivity index (χ2n) is 9.08. The van der Waals surface area contributed by atoms with Crippen LogP contribution in [0.15, 0.2) is 108 Å². The number of benzene rings is 4. The van der Waals surface area contributed by atoms with E-state index in [1.54, 1.807) is 18.3 Å². The van der Waals surface area contributed by atoms with E-state index in [2.05, 4.69) is 46.2 Å². The molecule has 0 unspecified atom stereocenters. The molecule has 35 heavy (non-hydrogen) atoms. The highest BCUT2D eigenvalue weighted by molar-refractivity contribution is 7.90. The molecular formula is C29H27N3O2S. The Balaban J connectivity index is 1.27. The van der Waals surface area contributed by atoms with Crippen LogP contribution < -0.4 is 4.90 Å². The third-order valence-corrected chi connectivity index (χ3v) is 8.60. The first-order chi connectivity index (χ1) is 17.1. The highest BCUT2D eigenvalue weighted by Crippen LogP contribution is 2.31. The molecule has 1 aromatic heterocycles. The van der Waals surface area contributed by atoms with Crippen LogP contribution in [0.4, 0.5) is 5.69 Å². The Labute approximate surface area is 205 Å². The fourth-order valence-electron chi connectivity index (χ4n) is 5.04. The SMILES string of the molecule is O=S(=O)(c1ccc2ccccc2c1)n1ccc2c(N3CCN(Cc4ccccc4)CC3)cccc21. The molecule has 5 nitrogen and oxygen atoms in total. The van der Waals surface area contributed by atoms with Crippen molar-refractivity contribution in [3.8, 4) is 0 Å². The predicted octanol–water partition coefficient (Wildman–Crippen LogP) is 5.35. The number of aromatic nitrogens is 1. The van der Waals surface area contributed by atoms with Gasteiger partial charge < -0.3 is 4.90 Å². The molecule has 1 saturated heterocycles. The Morgan fingerprint density at radius 3 is 2.23 bits per heavy atom. The van der Waals surface area contributed by atoms with Gasteiger partial charge in [0, 0.05) is 50.0 Å². The van der Waals surface area contributed by atoms with Crippen molar-refractivity contribution in [3.63, 3.8) is 0 Å². The normalized spacial score (nSPS) is 15.1. The van der Waals surface area contributed by atoms with Gasteiger partial charge >= 0.3 is 0 Å². The maximum Gasteiger partial charge on any atom is 0.268 e. The lowest BCUT2D eigenvalue weighted by molar-refractivity contribution is 0.250. The smallest absolute Gasteiger partial charge is 0.268 e. The van der Waals surface area contributed by atoms with E-state index in [1.165, 1.54) is 9.54 Å². The van der Waals surface area contributed by atoms with E-state index in [-0.39, 0.29) is 0 Å². The first-order valence-electron chi connectivity index (χ1n) is 12.0. The lowest BCUT2D eigenvalue weighted by Gasteiger charge is -2.36. The highest BCUT2D eigenvalue weighted by atomic mass is 32.2. The van der Waals surface area contributed by atoms with Gasteiger partial charge in [0.05, 0.1) is 10.4 Å². The molecule has 4 aromatic carbocycles. The molecular weight excluding hydrogens is 454 g/mol. The van der Waals surface area contributed by atoms with Crippen LogP contribution in [0.1, 0.15) is 5.56 Å². The molecule has 5 aromatic rings. The third-order valence-electron chi connectivity index (χ3n) is 6.91. The minimum atomic E-state index is -3.71. The van der Waals surface area contributed by atoms with Crippen LogP contribution in [0.3, 0.4) is 0 Å². The lowest BCUT2D eigenvalue weighted by Crippen LogP contribution is -2.46. The molecule has 2 heterocycles. The van der Waals surface area contributed by atoms with Crippen LogP contribution in [0.5, 0.6) is 0 Å². The van der Waals surface area contributed by atoms with Crippen LogP contribution in [0, 0.1) is 0 Å². The number of nitrogens with zero attached hydrogens (tertiary/aromatic N) is 3. The van der Waals surface area contributed by atoms with Crippen molar-refractivity contribution in [2.45, 2.75) is 11.4 Å². The molecule has 0 atom stereocenters. The molecule has 0 aliphatic carbocycles. The second-order valence-corrected chi connectivity index (χ2v) is 10.9. The van der Waals surface area contributed by atoms with Crippen molar-refractivity contribution in [1.29, 1.82) is 0 Å². The standard InChI is InChI=1S/C29H27N3O2S/c33-35(34,26-14-13-24-9-4-5-10-25(24)21-26)32-16-15-27-28(11-6-12-29(27)32)31-19-17-30(18-20-31)22-23-7-2-1-3-8-23/h1-16,21H,17-20,22H2. The molecule has 1 aliphatic rings. The first-order valence-corrected chi connectivity index (χ1v) is 13.4. The molecule has 176 valence electrons. The summed E-state index contributed by atoms with van der Waals surface area (Å²) in [7, 11) is -3.71.